The van der Waals surface area contributed by atoms with Crippen LogP contribution in [-0.2, 0) is 35.5 Å². The highest BCUT2D eigenvalue weighted by Gasteiger charge is 2.41. The van der Waals surface area contributed by atoms with Gasteiger partial charge in [0, 0.05) is 45.8 Å². The molecule has 5 nitrogen and oxygen atoms in total. The first kappa shape index (κ1) is 33.4. The normalized spacial score (nSPS) is 21.6. The summed E-state index contributed by atoms with van der Waals surface area (Å²) in [4.78, 5) is 14.7. The largest absolute Gasteiger partial charge is 0.381 e. The fourth-order valence-corrected chi connectivity index (χ4v) is 6.17. The molecule has 7 rings (SSSR count). The van der Waals surface area contributed by atoms with Crippen molar-refractivity contribution in [1.29, 1.82) is 0 Å². The van der Waals surface area contributed by atoms with E-state index in [-0.39, 0.29) is 5.82 Å². The lowest BCUT2D eigenvalue weighted by atomic mass is 9.99. The lowest BCUT2D eigenvalue weighted by molar-refractivity contribution is -0.118. The van der Waals surface area contributed by atoms with Crippen LogP contribution >= 0.6 is 0 Å². The molecule has 3 aromatic rings. The van der Waals surface area contributed by atoms with E-state index in [1.165, 1.54) is 66.7 Å². The van der Waals surface area contributed by atoms with Crippen molar-refractivity contribution in [2.45, 2.75) is 58.7 Å². The van der Waals surface area contributed by atoms with Crippen LogP contribution in [0.5, 0.6) is 0 Å². The molecule has 1 saturated heterocycles. The molecule has 4 aliphatic rings. The van der Waals surface area contributed by atoms with Crippen LogP contribution in [0.25, 0.3) is 0 Å². The third-order valence-electron chi connectivity index (χ3n) is 8.32. The highest BCUT2D eigenvalue weighted by molar-refractivity contribution is 5.49. The highest BCUT2D eigenvalue weighted by atomic mass is 19.1. The fraction of sp³-hybridized carbons (Fsp3) is 0.472. The average molecular weight is 576 g/mol. The Morgan fingerprint density at radius 3 is 2.05 bits per heavy atom. The van der Waals surface area contributed by atoms with E-state index in [4.69, 9.17) is 4.74 Å². The summed E-state index contributed by atoms with van der Waals surface area (Å²) in [6.45, 7) is 10.4. The lowest BCUT2D eigenvalue weighted by Gasteiger charge is -2.24. The van der Waals surface area contributed by atoms with E-state index in [2.05, 4.69) is 59.7 Å². The van der Waals surface area contributed by atoms with E-state index >= 15 is 0 Å². The number of likely N-dealkylation sites (tertiary alicyclic amines) is 1. The van der Waals surface area contributed by atoms with E-state index in [1.807, 2.05) is 31.9 Å². The van der Waals surface area contributed by atoms with Gasteiger partial charge in [-0.1, -0.05) is 80.6 Å². The molecule has 3 aliphatic heterocycles. The maximum atomic E-state index is 11.9. The number of ether oxygens (including phenoxy) is 1. The first-order valence-corrected chi connectivity index (χ1v) is 15.5. The van der Waals surface area contributed by atoms with Gasteiger partial charge in [-0.2, -0.15) is 0 Å². The molecule has 1 saturated carbocycles. The van der Waals surface area contributed by atoms with Crippen LogP contribution in [-0.4, -0.2) is 62.7 Å². The lowest BCUT2D eigenvalue weighted by Crippen LogP contribution is -2.28. The molecule has 1 amide bonds. The molecule has 3 aromatic carbocycles. The van der Waals surface area contributed by atoms with Crippen LogP contribution in [0.15, 0.2) is 78.9 Å². The first-order chi connectivity index (χ1) is 20.6. The summed E-state index contributed by atoms with van der Waals surface area (Å²) in [5, 5.41) is 3.34. The minimum absolute atomic E-state index is 0.178. The Hall–Kier alpha value is -3.06. The van der Waals surface area contributed by atoms with Crippen molar-refractivity contribution in [3.05, 3.63) is 107 Å². The summed E-state index contributed by atoms with van der Waals surface area (Å²) >= 11 is 0. The van der Waals surface area contributed by atoms with Crippen LogP contribution < -0.4 is 5.32 Å². The molecule has 0 radical (unpaired) electrons. The number of carbonyl (C=O) groups is 1. The number of nitrogens with one attached hydrogen (secondary N) is 1. The number of rotatable bonds is 2. The van der Waals surface area contributed by atoms with Gasteiger partial charge >= 0.3 is 0 Å². The van der Waals surface area contributed by atoms with Crippen molar-refractivity contribution in [3.63, 3.8) is 0 Å². The van der Waals surface area contributed by atoms with Gasteiger partial charge in [0.2, 0.25) is 6.41 Å². The van der Waals surface area contributed by atoms with Crippen LogP contribution in [0.3, 0.4) is 0 Å². The SMILES string of the molecule is CC.COC1CC[C@@H]2CN(C)C[C@H]12.Fc1ccccc1.O=CN1CCc2ccccc2C1.c1ccc2c(c1)CCNC2. The Bertz CT molecular complexity index is 1150. The zero-order valence-electron chi connectivity index (χ0n) is 26.0. The maximum absolute atomic E-state index is 11.9. The van der Waals surface area contributed by atoms with Crippen LogP contribution in [0.2, 0.25) is 0 Å². The van der Waals surface area contributed by atoms with Gasteiger partial charge in [0.15, 0.2) is 0 Å². The van der Waals surface area contributed by atoms with Crippen molar-refractivity contribution in [1.82, 2.24) is 15.1 Å². The summed E-state index contributed by atoms with van der Waals surface area (Å²) < 4.78 is 17.4. The predicted octanol–water partition coefficient (Wildman–Crippen LogP) is 6.36. The van der Waals surface area contributed by atoms with Crippen LogP contribution in [0.1, 0.15) is 48.9 Å². The van der Waals surface area contributed by atoms with Crippen molar-refractivity contribution in [3.8, 4) is 0 Å². The number of halogens is 1. The molecule has 6 heteroatoms. The summed E-state index contributed by atoms with van der Waals surface area (Å²) in [5.41, 5.74) is 5.65. The molecule has 2 fully saturated rings. The van der Waals surface area contributed by atoms with E-state index in [0.717, 1.165) is 50.8 Å². The van der Waals surface area contributed by atoms with E-state index in [0.29, 0.717) is 6.10 Å². The molecule has 0 spiro atoms. The van der Waals surface area contributed by atoms with Gasteiger partial charge in [-0.3, -0.25) is 4.79 Å². The molecule has 228 valence electrons. The van der Waals surface area contributed by atoms with Crippen molar-refractivity contribution < 1.29 is 13.9 Å². The van der Waals surface area contributed by atoms with Gasteiger partial charge < -0.3 is 19.9 Å². The molecule has 1 aliphatic carbocycles. The smallest absolute Gasteiger partial charge is 0.210 e. The summed E-state index contributed by atoms with van der Waals surface area (Å²) in [6.07, 6.45) is 6.35. The zero-order chi connectivity index (χ0) is 30.2. The number of amides is 1. The van der Waals surface area contributed by atoms with Crippen molar-refractivity contribution in [2.75, 3.05) is 40.3 Å². The second kappa shape index (κ2) is 18.5. The summed E-state index contributed by atoms with van der Waals surface area (Å²) in [6, 6.07) is 24.9. The highest BCUT2D eigenvalue weighted by Crippen LogP contribution is 2.38. The average Bonchev–Trinajstić information content (AvgIpc) is 3.62. The Balaban J connectivity index is 0.000000153. The number of nitrogens with zero attached hydrogens (tertiary/aromatic N) is 2. The monoisotopic (exact) mass is 575 g/mol. The van der Waals surface area contributed by atoms with Crippen molar-refractivity contribution in [2.24, 2.45) is 11.8 Å². The number of fused-ring (bicyclic) bond motifs is 3. The Kier molecular flexibility index (Phi) is 14.7. The van der Waals surface area contributed by atoms with Gasteiger partial charge in [0.25, 0.3) is 0 Å². The van der Waals surface area contributed by atoms with Crippen molar-refractivity contribution >= 4 is 6.41 Å². The molecule has 0 aromatic heterocycles. The quantitative estimate of drug-likeness (QED) is 0.362. The third-order valence-corrected chi connectivity index (χ3v) is 8.32. The molecule has 42 heavy (non-hydrogen) atoms. The van der Waals surface area contributed by atoms with Gasteiger partial charge in [-0.25, -0.2) is 4.39 Å². The fourth-order valence-electron chi connectivity index (χ4n) is 6.17. The third kappa shape index (κ3) is 10.3. The van der Waals surface area contributed by atoms with Crippen LogP contribution in [0.4, 0.5) is 4.39 Å². The Morgan fingerprint density at radius 2 is 1.45 bits per heavy atom. The molecule has 3 heterocycles. The van der Waals surface area contributed by atoms with Gasteiger partial charge in [0.1, 0.15) is 5.82 Å². The molecule has 0 bridgehead atoms. The Morgan fingerprint density at radius 1 is 0.833 bits per heavy atom. The van der Waals surface area contributed by atoms with Gasteiger partial charge in [-0.05, 0) is 79.6 Å². The predicted molar refractivity (Wildman–Crippen MR) is 171 cm³/mol. The molecular formula is C36H50FN3O2. The molecule has 3 atom stereocenters. The van der Waals surface area contributed by atoms with E-state index < -0.39 is 0 Å². The molecule has 1 N–H and O–H groups in total. The topological polar surface area (TPSA) is 44.8 Å². The minimum Gasteiger partial charge on any atom is -0.381 e. The second-order valence-corrected chi connectivity index (χ2v) is 11.1. The van der Waals surface area contributed by atoms with Gasteiger partial charge in [0.05, 0.1) is 6.10 Å². The number of carbonyl (C=O) groups excluding carboxylic acids is 1. The standard InChI is InChI=1S/C10H11NO.C9H17NO.C9H11N.C6H5F.C2H6/c12-8-11-6-5-9-3-1-2-4-10(9)7-11;1-10-5-7-3-4-9(11-2)8(7)6-10;1-2-4-9-7-10-6-5-8(9)3-1;7-6-4-2-1-3-5-6;1-2/h1-4,8H,5-7H2;7-9H,3-6H2,1-2H3;1-4,10H,5-7H2;1-5H;1-2H3/t;7-,8+,9?;;;/m.1.../s1. The summed E-state index contributed by atoms with van der Waals surface area (Å²) in [7, 11) is 4.07. The number of hydrogen-bond donors (Lipinski definition) is 1. The second-order valence-electron chi connectivity index (χ2n) is 11.1. The van der Waals surface area contributed by atoms with E-state index in [1.54, 1.807) is 18.2 Å². The Labute approximate surface area is 253 Å². The van der Waals surface area contributed by atoms with E-state index in [9.17, 15) is 9.18 Å². The zero-order valence-corrected chi connectivity index (χ0v) is 26.0. The molecule has 1 unspecified atom stereocenters. The van der Waals surface area contributed by atoms with Gasteiger partial charge in [-0.15, -0.1) is 0 Å². The maximum Gasteiger partial charge on any atom is 0.210 e. The summed E-state index contributed by atoms with van der Waals surface area (Å²) in [5.74, 6) is 1.59. The van der Waals surface area contributed by atoms with Crippen LogP contribution in [0, 0.1) is 17.7 Å². The number of benzene rings is 3. The number of methoxy groups -OCH3 is 1. The molecular weight excluding hydrogens is 525 g/mol. The minimum atomic E-state index is -0.178. The first-order valence-electron chi connectivity index (χ1n) is 15.5. The number of hydrogen-bond acceptors (Lipinski definition) is 4.